The van der Waals surface area contributed by atoms with Gasteiger partial charge in [0.1, 0.15) is 5.82 Å². The van der Waals surface area contributed by atoms with Crippen LogP contribution in [0.15, 0.2) is 53.4 Å². The van der Waals surface area contributed by atoms with Crippen molar-refractivity contribution in [3.63, 3.8) is 0 Å². The molecular weight excluding hydrogens is 355 g/mol. The number of hydrogen-bond acceptors (Lipinski definition) is 4. The first-order valence-electron chi connectivity index (χ1n) is 7.89. The van der Waals surface area contributed by atoms with Gasteiger partial charge in [-0.05, 0) is 59.7 Å². The number of carbonyl (C=O) groups is 3. The van der Waals surface area contributed by atoms with Crippen molar-refractivity contribution in [2.24, 2.45) is 0 Å². The Labute approximate surface area is 153 Å². The fourth-order valence-corrected chi connectivity index (χ4v) is 3.06. The summed E-state index contributed by atoms with van der Waals surface area (Å²) in [5, 5.41) is 4.60. The van der Waals surface area contributed by atoms with Gasteiger partial charge in [-0.25, -0.2) is 4.39 Å². The van der Waals surface area contributed by atoms with E-state index in [-0.39, 0.29) is 11.7 Å². The Balaban J connectivity index is 1.55. The Kier molecular flexibility index (Phi) is 5.48. The molecule has 1 aliphatic rings. The highest BCUT2D eigenvalue weighted by atomic mass is 32.2. The van der Waals surface area contributed by atoms with Crippen molar-refractivity contribution in [1.82, 2.24) is 10.6 Å². The summed E-state index contributed by atoms with van der Waals surface area (Å²) in [7, 11) is 0. The first kappa shape index (κ1) is 17.9. The molecule has 1 heterocycles. The largest absolute Gasteiger partial charge is 0.352 e. The molecule has 5 nitrogen and oxygen atoms in total. The average Bonchev–Trinajstić information content (AvgIpc) is 2.94. The summed E-state index contributed by atoms with van der Waals surface area (Å²) in [5.41, 5.74) is 2.15. The maximum atomic E-state index is 12.8. The number of thioether (sulfide) groups is 1. The van der Waals surface area contributed by atoms with Gasteiger partial charge in [0.05, 0.1) is 4.91 Å². The molecule has 0 bridgehead atoms. The molecule has 3 rings (SSSR count). The first-order chi connectivity index (χ1) is 12.5. The van der Waals surface area contributed by atoms with Gasteiger partial charge >= 0.3 is 0 Å². The van der Waals surface area contributed by atoms with Crippen LogP contribution in [0.5, 0.6) is 0 Å². The van der Waals surface area contributed by atoms with E-state index in [0.29, 0.717) is 23.4 Å². The van der Waals surface area contributed by atoms with Crippen molar-refractivity contribution in [3.05, 3.63) is 75.9 Å². The zero-order valence-electron chi connectivity index (χ0n) is 13.6. The molecular formula is C19H15FN2O3S. The molecule has 132 valence electrons. The third-order valence-corrected chi connectivity index (χ3v) is 4.54. The van der Waals surface area contributed by atoms with E-state index >= 15 is 0 Å². The fraction of sp³-hybridized carbons (Fsp3) is 0.105. The van der Waals surface area contributed by atoms with Crippen LogP contribution in [0.25, 0.3) is 6.08 Å². The molecule has 3 amide bonds. The lowest BCUT2D eigenvalue weighted by molar-refractivity contribution is -0.115. The van der Waals surface area contributed by atoms with E-state index in [1.807, 2.05) is 0 Å². The van der Waals surface area contributed by atoms with E-state index in [0.717, 1.165) is 22.9 Å². The van der Waals surface area contributed by atoms with Gasteiger partial charge in [-0.2, -0.15) is 0 Å². The van der Waals surface area contributed by atoms with E-state index in [9.17, 15) is 18.8 Å². The van der Waals surface area contributed by atoms with E-state index in [1.165, 1.54) is 12.1 Å². The van der Waals surface area contributed by atoms with Crippen molar-refractivity contribution in [1.29, 1.82) is 0 Å². The number of carbonyl (C=O) groups excluding carboxylic acids is 3. The van der Waals surface area contributed by atoms with Crippen molar-refractivity contribution in [3.8, 4) is 0 Å². The molecule has 2 aromatic carbocycles. The molecule has 1 saturated heterocycles. The molecule has 26 heavy (non-hydrogen) atoms. The van der Waals surface area contributed by atoms with Crippen molar-refractivity contribution >= 4 is 34.9 Å². The number of hydrogen-bond donors (Lipinski definition) is 2. The summed E-state index contributed by atoms with van der Waals surface area (Å²) in [4.78, 5) is 35.1. The van der Waals surface area contributed by atoms with Crippen LogP contribution in [0.2, 0.25) is 0 Å². The van der Waals surface area contributed by atoms with Gasteiger partial charge in [-0.3, -0.25) is 19.7 Å². The molecule has 0 saturated carbocycles. The van der Waals surface area contributed by atoms with Crippen molar-refractivity contribution in [2.75, 3.05) is 6.54 Å². The van der Waals surface area contributed by atoms with Crippen LogP contribution in [-0.2, 0) is 11.2 Å². The Morgan fingerprint density at radius 2 is 1.77 bits per heavy atom. The van der Waals surface area contributed by atoms with Gasteiger partial charge in [0.25, 0.3) is 17.1 Å². The van der Waals surface area contributed by atoms with Gasteiger partial charge in [0.15, 0.2) is 0 Å². The molecule has 2 aromatic rings. The summed E-state index contributed by atoms with van der Waals surface area (Å²) in [5.74, 6) is -0.914. The van der Waals surface area contributed by atoms with E-state index in [2.05, 4.69) is 10.6 Å². The number of benzene rings is 2. The number of rotatable bonds is 5. The Bertz CT molecular complexity index is 877. The fourth-order valence-electron chi connectivity index (χ4n) is 2.38. The third-order valence-electron chi connectivity index (χ3n) is 3.73. The topological polar surface area (TPSA) is 75.3 Å². The standard InChI is InChI=1S/C19H15FN2O3S/c20-15-7-3-12(4-8-15)9-10-21-17(23)14-5-1-13(2-6-14)11-16-18(24)22-19(25)26-16/h1-8,11H,9-10H2,(H,21,23)(H,22,24,25)/b16-11-. The predicted octanol–water partition coefficient (Wildman–Crippen LogP) is 3.12. The van der Waals surface area contributed by atoms with E-state index in [1.54, 1.807) is 42.5 Å². The predicted molar refractivity (Wildman–Crippen MR) is 98.0 cm³/mol. The second-order valence-corrected chi connectivity index (χ2v) is 6.62. The van der Waals surface area contributed by atoms with Crippen LogP contribution in [-0.4, -0.2) is 23.6 Å². The van der Waals surface area contributed by atoms with Crippen LogP contribution in [0.1, 0.15) is 21.5 Å². The van der Waals surface area contributed by atoms with Gasteiger partial charge in [0, 0.05) is 12.1 Å². The Hall–Kier alpha value is -2.93. The maximum absolute atomic E-state index is 12.8. The number of amides is 3. The highest BCUT2D eigenvalue weighted by molar-refractivity contribution is 8.18. The molecule has 0 atom stereocenters. The highest BCUT2D eigenvalue weighted by Crippen LogP contribution is 2.25. The second-order valence-electron chi connectivity index (χ2n) is 5.61. The maximum Gasteiger partial charge on any atom is 0.290 e. The van der Waals surface area contributed by atoms with Crippen LogP contribution < -0.4 is 10.6 Å². The van der Waals surface area contributed by atoms with Gasteiger partial charge in [0.2, 0.25) is 0 Å². The summed E-state index contributed by atoms with van der Waals surface area (Å²) in [6.07, 6.45) is 2.21. The van der Waals surface area contributed by atoms with Gasteiger partial charge in [-0.15, -0.1) is 0 Å². The summed E-state index contributed by atoms with van der Waals surface area (Å²) >= 11 is 0.848. The lowest BCUT2D eigenvalue weighted by Gasteiger charge is -2.06. The monoisotopic (exact) mass is 370 g/mol. The van der Waals surface area contributed by atoms with Crippen molar-refractivity contribution in [2.45, 2.75) is 6.42 Å². The summed E-state index contributed by atoms with van der Waals surface area (Å²) < 4.78 is 12.8. The van der Waals surface area contributed by atoms with Crippen LogP contribution in [0.3, 0.4) is 0 Å². The van der Waals surface area contributed by atoms with E-state index in [4.69, 9.17) is 0 Å². The molecule has 1 fully saturated rings. The van der Waals surface area contributed by atoms with Gasteiger partial charge in [-0.1, -0.05) is 24.3 Å². The van der Waals surface area contributed by atoms with Gasteiger partial charge < -0.3 is 5.32 Å². The normalized spacial score (nSPS) is 15.2. The van der Waals surface area contributed by atoms with Crippen LogP contribution in [0, 0.1) is 5.82 Å². The highest BCUT2D eigenvalue weighted by Gasteiger charge is 2.24. The zero-order chi connectivity index (χ0) is 18.5. The second kappa shape index (κ2) is 7.97. The molecule has 1 aliphatic heterocycles. The Morgan fingerprint density at radius 1 is 1.08 bits per heavy atom. The zero-order valence-corrected chi connectivity index (χ0v) is 14.4. The van der Waals surface area contributed by atoms with Crippen LogP contribution >= 0.6 is 11.8 Å². The number of halogens is 1. The quantitative estimate of drug-likeness (QED) is 0.793. The smallest absolute Gasteiger partial charge is 0.290 e. The summed E-state index contributed by atoms with van der Waals surface area (Å²) in [6.45, 7) is 0.440. The number of imide groups is 1. The third kappa shape index (κ3) is 4.58. The molecule has 7 heteroatoms. The Morgan fingerprint density at radius 3 is 2.38 bits per heavy atom. The lowest BCUT2D eigenvalue weighted by atomic mass is 10.1. The SMILES string of the molecule is O=C1NC(=O)/C(=C/c2ccc(C(=O)NCCc3ccc(F)cc3)cc2)S1. The average molecular weight is 370 g/mol. The minimum absolute atomic E-state index is 0.213. The molecule has 0 radical (unpaired) electrons. The minimum atomic E-state index is -0.414. The molecule has 0 aromatic heterocycles. The van der Waals surface area contributed by atoms with Crippen LogP contribution in [0.4, 0.5) is 9.18 Å². The minimum Gasteiger partial charge on any atom is -0.352 e. The molecule has 0 spiro atoms. The van der Waals surface area contributed by atoms with Crippen molar-refractivity contribution < 1.29 is 18.8 Å². The molecule has 0 unspecified atom stereocenters. The lowest BCUT2D eigenvalue weighted by Crippen LogP contribution is -2.25. The van der Waals surface area contributed by atoms with E-state index < -0.39 is 11.1 Å². The number of nitrogens with one attached hydrogen (secondary N) is 2. The molecule has 2 N–H and O–H groups in total. The molecule has 0 aliphatic carbocycles. The summed E-state index contributed by atoms with van der Waals surface area (Å²) in [6, 6.07) is 12.9. The first-order valence-corrected chi connectivity index (χ1v) is 8.70.